The van der Waals surface area contributed by atoms with Crippen LogP contribution < -0.4 is 10.2 Å². The second-order valence-electron chi connectivity index (χ2n) is 4.09. The van der Waals surface area contributed by atoms with Gasteiger partial charge >= 0.3 is 0 Å². The quantitative estimate of drug-likeness (QED) is 0.659. The molecule has 0 atom stereocenters. The second-order valence-corrected chi connectivity index (χ2v) is 5.44. The molecule has 21 heavy (non-hydrogen) atoms. The van der Waals surface area contributed by atoms with E-state index >= 15 is 0 Å². The van der Waals surface area contributed by atoms with E-state index in [4.69, 9.17) is 16.3 Å². The van der Waals surface area contributed by atoms with E-state index < -0.39 is 0 Å². The molecule has 0 aliphatic carbocycles. The van der Waals surface area contributed by atoms with Gasteiger partial charge in [0.1, 0.15) is 5.75 Å². The standard InChI is InChI=1S/C15H12BrClN2O2/c1-21-14-7-4-12(16)8-11(14)9-18-19-15(20)10-2-5-13(17)6-3-10/h2-9H,1H3,(H,19,20). The average Bonchev–Trinajstić information content (AvgIpc) is 2.48. The van der Waals surface area contributed by atoms with Crippen molar-refractivity contribution in [1.82, 2.24) is 5.43 Å². The molecule has 0 aromatic heterocycles. The van der Waals surface area contributed by atoms with Gasteiger partial charge in [0.05, 0.1) is 13.3 Å². The second kappa shape index (κ2) is 7.24. The molecule has 0 saturated heterocycles. The molecule has 0 heterocycles. The molecule has 6 heteroatoms. The van der Waals surface area contributed by atoms with Crippen molar-refractivity contribution in [3.8, 4) is 5.75 Å². The number of carbonyl (C=O) groups is 1. The van der Waals surface area contributed by atoms with Gasteiger partial charge in [0.25, 0.3) is 5.91 Å². The Bertz CT molecular complexity index is 672. The topological polar surface area (TPSA) is 50.7 Å². The van der Waals surface area contributed by atoms with Crippen molar-refractivity contribution in [3.05, 3.63) is 63.1 Å². The lowest BCUT2D eigenvalue weighted by Crippen LogP contribution is -2.17. The minimum atomic E-state index is -0.308. The molecule has 0 unspecified atom stereocenters. The predicted octanol–water partition coefficient (Wildman–Crippen LogP) is 3.88. The molecule has 108 valence electrons. The Hall–Kier alpha value is -1.85. The molecule has 2 rings (SSSR count). The van der Waals surface area contributed by atoms with Crippen LogP contribution in [0.2, 0.25) is 5.02 Å². The van der Waals surface area contributed by atoms with Crippen LogP contribution in [0.15, 0.2) is 52.0 Å². The molecular weight excluding hydrogens is 356 g/mol. The summed E-state index contributed by atoms with van der Waals surface area (Å²) in [7, 11) is 1.58. The Morgan fingerprint density at radius 3 is 2.67 bits per heavy atom. The van der Waals surface area contributed by atoms with Crippen molar-refractivity contribution in [2.75, 3.05) is 7.11 Å². The molecule has 0 saturated carbocycles. The van der Waals surface area contributed by atoms with Crippen LogP contribution in [0.3, 0.4) is 0 Å². The summed E-state index contributed by atoms with van der Waals surface area (Å²) in [5, 5.41) is 4.51. The summed E-state index contributed by atoms with van der Waals surface area (Å²) in [5.41, 5.74) is 3.69. The molecule has 4 nitrogen and oxygen atoms in total. The highest BCUT2D eigenvalue weighted by Crippen LogP contribution is 2.21. The summed E-state index contributed by atoms with van der Waals surface area (Å²) in [6.07, 6.45) is 1.53. The number of ether oxygens (including phenoxy) is 1. The number of halogens is 2. The van der Waals surface area contributed by atoms with E-state index in [9.17, 15) is 4.79 Å². The van der Waals surface area contributed by atoms with E-state index in [1.807, 2.05) is 18.2 Å². The first-order valence-electron chi connectivity index (χ1n) is 6.02. The highest BCUT2D eigenvalue weighted by molar-refractivity contribution is 9.10. The Morgan fingerprint density at radius 2 is 2.00 bits per heavy atom. The number of nitrogens with zero attached hydrogens (tertiary/aromatic N) is 1. The third kappa shape index (κ3) is 4.31. The van der Waals surface area contributed by atoms with Crippen molar-refractivity contribution >= 4 is 39.7 Å². The van der Waals surface area contributed by atoms with Crippen LogP contribution >= 0.6 is 27.5 Å². The molecule has 0 aliphatic heterocycles. The zero-order valence-corrected chi connectivity index (χ0v) is 13.5. The maximum Gasteiger partial charge on any atom is 0.271 e. The highest BCUT2D eigenvalue weighted by atomic mass is 79.9. The average molecular weight is 368 g/mol. The summed E-state index contributed by atoms with van der Waals surface area (Å²) in [4.78, 5) is 11.9. The van der Waals surface area contributed by atoms with Gasteiger partial charge in [-0.1, -0.05) is 27.5 Å². The number of hydrogen-bond donors (Lipinski definition) is 1. The number of hydrogen-bond acceptors (Lipinski definition) is 3. The zero-order valence-electron chi connectivity index (χ0n) is 11.1. The van der Waals surface area contributed by atoms with Gasteiger partial charge in [-0.3, -0.25) is 4.79 Å². The molecular formula is C15H12BrClN2O2. The monoisotopic (exact) mass is 366 g/mol. The van der Waals surface area contributed by atoms with Crippen molar-refractivity contribution in [3.63, 3.8) is 0 Å². The van der Waals surface area contributed by atoms with Crippen molar-refractivity contribution < 1.29 is 9.53 Å². The lowest BCUT2D eigenvalue weighted by atomic mass is 10.2. The lowest BCUT2D eigenvalue weighted by molar-refractivity contribution is 0.0955. The summed E-state index contributed by atoms with van der Waals surface area (Å²) >= 11 is 9.14. The van der Waals surface area contributed by atoms with Crippen molar-refractivity contribution in [2.45, 2.75) is 0 Å². The summed E-state index contributed by atoms with van der Waals surface area (Å²) in [5.74, 6) is 0.361. The number of rotatable bonds is 4. The van der Waals surface area contributed by atoms with Gasteiger partial charge in [0.15, 0.2) is 0 Å². The fraction of sp³-hybridized carbons (Fsp3) is 0.0667. The van der Waals surface area contributed by atoms with E-state index in [0.29, 0.717) is 16.3 Å². The smallest absolute Gasteiger partial charge is 0.271 e. The third-order valence-corrected chi connectivity index (χ3v) is 3.41. The molecule has 2 aromatic rings. The van der Waals surface area contributed by atoms with E-state index in [1.54, 1.807) is 31.4 Å². The number of carbonyl (C=O) groups excluding carboxylic acids is 1. The summed E-state index contributed by atoms with van der Waals surface area (Å²) in [6, 6.07) is 12.1. The van der Waals surface area contributed by atoms with Crippen molar-refractivity contribution in [1.29, 1.82) is 0 Å². The van der Waals surface area contributed by atoms with Crippen LogP contribution in [0.25, 0.3) is 0 Å². The fourth-order valence-electron chi connectivity index (χ4n) is 1.63. The molecule has 1 N–H and O–H groups in total. The molecule has 0 bridgehead atoms. The van der Waals surface area contributed by atoms with Gasteiger partial charge in [-0.15, -0.1) is 0 Å². The van der Waals surface area contributed by atoms with E-state index in [0.717, 1.165) is 10.0 Å². The Kier molecular flexibility index (Phi) is 5.36. The van der Waals surface area contributed by atoms with Gasteiger partial charge in [0.2, 0.25) is 0 Å². The minimum Gasteiger partial charge on any atom is -0.496 e. The van der Waals surface area contributed by atoms with Crippen LogP contribution in [-0.2, 0) is 0 Å². The molecule has 0 radical (unpaired) electrons. The molecule has 1 amide bonds. The molecule has 0 aliphatic rings. The Labute approximate surface area is 135 Å². The van der Waals surface area contributed by atoms with Crippen LogP contribution in [-0.4, -0.2) is 19.2 Å². The fourth-order valence-corrected chi connectivity index (χ4v) is 2.14. The van der Waals surface area contributed by atoms with Crippen molar-refractivity contribution in [2.24, 2.45) is 5.10 Å². The van der Waals surface area contributed by atoms with E-state index in [-0.39, 0.29) is 5.91 Å². The van der Waals surface area contributed by atoms with E-state index in [2.05, 4.69) is 26.5 Å². The number of nitrogens with one attached hydrogen (secondary N) is 1. The maximum absolute atomic E-state index is 11.9. The first kappa shape index (κ1) is 15.5. The number of methoxy groups -OCH3 is 1. The molecule has 0 fully saturated rings. The van der Waals surface area contributed by atoms with Gasteiger partial charge in [0, 0.05) is 20.6 Å². The Balaban J connectivity index is 2.07. The van der Waals surface area contributed by atoms with Gasteiger partial charge in [-0.2, -0.15) is 5.10 Å². The summed E-state index contributed by atoms with van der Waals surface area (Å²) in [6.45, 7) is 0. The zero-order chi connectivity index (χ0) is 15.2. The first-order chi connectivity index (χ1) is 10.1. The Morgan fingerprint density at radius 1 is 1.29 bits per heavy atom. The van der Waals surface area contributed by atoms with Gasteiger partial charge in [-0.05, 0) is 42.5 Å². The number of benzene rings is 2. The summed E-state index contributed by atoms with van der Waals surface area (Å²) < 4.78 is 6.11. The van der Waals surface area contributed by atoms with E-state index in [1.165, 1.54) is 6.21 Å². The van der Waals surface area contributed by atoms with Crippen LogP contribution in [0.5, 0.6) is 5.75 Å². The molecule has 2 aromatic carbocycles. The van der Waals surface area contributed by atoms with Crippen LogP contribution in [0.4, 0.5) is 0 Å². The SMILES string of the molecule is COc1ccc(Br)cc1C=NNC(=O)c1ccc(Cl)cc1. The number of amides is 1. The largest absolute Gasteiger partial charge is 0.496 e. The third-order valence-electron chi connectivity index (χ3n) is 2.67. The maximum atomic E-state index is 11.9. The number of hydrazone groups is 1. The van der Waals surface area contributed by atoms with Crippen LogP contribution in [0.1, 0.15) is 15.9 Å². The first-order valence-corrected chi connectivity index (χ1v) is 7.20. The minimum absolute atomic E-state index is 0.308. The molecule has 0 spiro atoms. The van der Waals surface area contributed by atoms with Gasteiger partial charge < -0.3 is 4.74 Å². The van der Waals surface area contributed by atoms with Crippen LogP contribution in [0, 0.1) is 0 Å². The predicted molar refractivity (Wildman–Crippen MR) is 87.2 cm³/mol. The lowest BCUT2D eigenvalue weighted by Gasteiger charge is -2.04. The van der Waals surface area contributed by atoms with Gasteiger partial charge in [-0.25, -0.2) is 5.43 Å². The normalized spacial score (nSPS) is 10.6. The highest BCUT2D eigenvalue weighted by Gasteiger charge is 2.04.